The number of piperidine rings is 1. The molecule has 1 aliphatic heterocycles. The van der Waals surface area contributed by atoms with Gasteiger partial charge in [-0.15, -0.1) is 10.2 Å². The van der Waals surface area contributed by atoms with Gasteiger partial charge in [0.15, 0.2) is 0 Å². The maximum Gasteiger partial charge on any atom is 0.242 e. The van der Waals surface area contributed by atoms with Crippen LogP contribution in [-0.4, -0.2) is 34.1 Å². The smallest absolute Gasteiger partial charge is 0.242 e. The van der Waals surface area contributed by atoms with Gasteiger partial charge in [0.1, 0.15) is 5.54 Å². The summed E-state index contributed by atoms with van der Waals surface area (Å²) in [7, 11) is 0. The highest BCUT2D eigenvalue weighted by molar-refractivity contribution is 5.93. The van der Waals surface area contributed by atoms with Crippen molar-refractivity contribution in [3.05, 3.63) is 78.0 Å². The summed E-state index contributed by atoms with van der Waals surface area (Å²) in [6.07, 6.45) is 1.46. The van der Waals surface area contributed by atoms with Gasteiger partial charge in [0.05, 0.1) is 0 Å². The first-order chi connectivity index (χ1) is 14.1. The molecule has 0 N–H and O–H groups in total. The van der Waals surface area contributed by atoms with Crippen molar-refractivity contribution in [3.63, 3.8) is 0 Å². The summed E-state index contributed by atoms with van der Waals surface area (Å²) < 4.78 is 5.90. The van der Waals surface area contributed by atoms with Gasteiger partial charge in [0, 0.05) is 39.2 Å². The van der Waals surface area contributed by atoms with Crippen molar-refractivity contribution in [1.82, 2.24) is 15.1 Å². The lowest BCUT2D eigenvalue weighted by Gasteiger charge is -2.46. The Kier molecular flexibility index (Phi) is 5.45. The minimum Gasteiger partial charge on any atom is -0.423 e. The summed E-state index contributed by atoms with van der Waals surface area (Å²) in [6, 6.07) is 20.2. The highest BCUT2D eigenvalue weighted by Gasteiger charge is 2.47. The number of carbonyl (C=O) groups is 1. The molecule has 1 aliphatic rings. The van der Waals surface area contributed by atoms with Crippen molar-refractivity contribution in [2.75, 3.05) is 18.0 Å². The van der Waals surface area contributed by atoms with Crippen molar-refractivity contribution in [2.45, 2.75) is 38.8 Å². The maximum atomic E-state index is 12.8. The molecule has 1 saturated heterocycles. The number of aromatic nitrogens is 2. The fraction of sp³-hybridized carbons (Fsp3) is 0.348. The van der Waals surface area contributed by atoms with Gasteiger partial charge in [-0.05, 0) is 30.5 Å². The van der Waals surface area contributed by atoms with Crippen LogP contribution < -0.4 is 4.90 Å². The molecule has 0 saturated carbocycles. The van der Waals surface area contributed by atoms with Crippen molar-refractivity contribution >= 4 is 11.6 Å². The number of hydrogen-bond acceptors (Lipinski definition) is 5. The minimum atomic E-state index is -0.637. The Balaban J connectivity index is 1.65. The molecule has 1 amide bonds. The number of anilines is 1. The van der Waals surface area contributed by atoms with Crippen molar-refractivity contribution < 1.29 is 9.21 Å². The molecule has 4 rings (SSSR count). The largest absolute Gasteiger partial charge is 0.423 e. The molecule has 6 heteroatoms. The maximum absolute atomic E-state index is 12.8. The van der Waals surface area contributed by atoms with Crippen molar-refractivity contribution in [1.29, 1.82) is 0 Å². The summed E-state index contributed by atoms with van der Waals surface area (Å²) in [6.45, 7) is 5.97. The Morgan fingerprint density at radius 1 is 1.03 bits per heavy atom. The second-order valence-electron chi connectivity index (χ2n) is 7.61. The zero-order valence-corrected chi connectivity index (χ0v) is 16.9. The van der Waals surface area contributed by atoms with Crippen molar-refractivity contribution in [2.24, 2.45) is 0 Å². The number of para-hydroxylation sites is 1. The molecule has 150 valence electrons. The number of nitrogens with zero attached hydrogens (tertiary/aromatic N) is 4. The standard InChI is InChI=1S/C23H26N4O2/c1-18-24-25-22(29-18)23(27(19(2)28)21-11-7-4-8-12-21)13-15-26(16-14-23)17-20-9-5-3-6-10-20/h3-12H,13-17H2,1-2H3. The first-order valence-corrected chi connectivity index (χ1v) is 10.0. The van der Waals surface area contributed by atoms with Gasteiger partial charge in [0.2, 0.25) is 17.7 Å². The van der Waals surface area contributed by atoms with Crippen LogP contribution in [0.4, 0.5) is 5.69 Å². The second kappa shape index (κ2) is 8.17. The van der Waals surface area contributed by atoms with Gasteiger partial charge in [-0.3, -0.25) is 14.6 Å². The summed E-state index contributed by atoms with van der Waals surface area (Å²) in [4.78, 5) is 17.1. The normalized spacial score (nSPS) is 16.5. The lowest BCUT2D eigenvalue weighted by molar-refractivity contribution is -0.118. The van der Waals surface area contributed by atoms with E-state index in [-0.39, 0.29) is 5.91 Å². The third-order valence-electron chi connectivity index (χ3n) is 5.61. The highest BCUT2D eigenvalue weighted by atomic mass is 16.4. The van der Waals surface area contributed by atoms with E-state index in [9.17, 15) is 4.79 Å². The van der Waals surface area contributed by atoms with E-state index >= 15 is 0 Å². The number of hydrogen-bond donors (Lipinski definition) is 0. The topological polar surface area (TPSA) is 62.5 Å². The molecule has 3 aromatic rings. The molecule has 0 spiro atoms. The first kappa shape index (κ1) is 19.3. The van der Waals surface area contributed by atoms with E-state index in [2.05, 4.69) is 39.4 Å². The Hall–Kier alpha value is -2.99. The average molecular weight is 390 g/mol. The molecular weight excluding hydrogens is 364 g/mol. The molecule has 2 heterocycles. The van der Waals surface area contributed by atoms with E-state index < -0.39 is 5.54 Å². The van der Waals surface area contributed by atoms with Crippen LogP contribution in [0.1, 0.15) is 37.1 Å². The van der Waals surface area contributed by atoms with Gasteiger partial charge in [0.25, 0.3) is 0 Å². The predicted octanol–water partition coefficient (Wildman–Crippen LogP) is 3.92. The van der Waals surface area contributed by atoms with E-state index in [0.29, 0.717) is 11.8 Å². The zero-order chi connectivity index (χ0) is 20.3. The molecule has 0 unspecified atom stereocenters. The lowest BCUT2D eigenvalue weighted by Crippen LogP contribution is -2.55. The summed E-state index contributed by atoms with van der Waals surface area (Å²) in [5.41, 5.74) is 1.51. The molecule has 0 atom stereocenters. The number of amides is 1. The van der Waals surface area contributed by atoms with Crippen LogP contribution in [0.2, 0.25) is 0 Å². The van der Waals surface area contributed by atoms with Gasteiger partial charge in [-0.1, -0.05) is 48.5 Å². The van der Waals surface area contributed by atoms with E-state index in [4.69, 9.17) is 4.42 Å². The monoisotopic (exact) mass is 390 g/mol. The Bertz CT molecular complexity index is 947. The van der Waals surface area contributed by atoms with Crippen LogP contribution in [0.25, 0.3) is 0 Å². The zero-order valence-electron chi connectivity index (χ0n) is 16.9. The molecule has 0 radical (unpaired) electrons. The number of rotatable bonds is 5. The predicted molar refractivity (Wildman–Crippen MR) is 111 cm³/mol. The van der Waals surface area contributed by atoms with Crippen LogP contribution in [0.15, 0.2) is 65.1 Å². The number of aryl methyl sites for hydroxylation is 1. The van der Waals surface area contributed by atoms with E-state index in [1.165, 1.54) is 5.56 Å². The van der Waals surface area contributed by atoms with E-state index in [0.717, 1.165) is 38.2 Å². The third-order valence-corrected chi connectivity index (χ3v) is 5.61. The van der Waals surface area contributed by atoms with Crippen LogP contribution in [0.5, 0.6) is 0 Å². The average Bonchev–Trinajstić information content (AvgIpc) is 3.18. The second-order valence-corrected chi connectivity index (χ2v) is 7.61. The fourth-order valence-electron chi connectivity index (χ4n) is 4.25. The molecule has 29 heavy (non-hydrogen) atoms. The summed E-state index contributed by atoms with van der Waals surface area (Å²) in [5.74, 6) is 1.01. The molecule has 0 bridgehead atoms. The Morgan fingerprint density at radius 2 is 1.66 bits per heavy atom. The molecule has 1 aromatic heterocycles. The SMILES string of the molecule is CC(=O)N(c1ccccc1)C1(c2nnc(C)o2)CCN(Cc2ccccc2)CC1. The fourth-order valence-corrected chi connectivity index (χ4v) is 4.25. The molecule has 0 aliphatic carbocycles. The lowest BCUT2D eigenvalue weighted by atomic mass is 9.84. The number of carbonyl (C=O) groups excluding carboxylic acids is 1. The number of benzene rings is 2. The Morgan fingerprint density at radius 3 is 2.21 bits per heavy atom. The van der Waals surface area contributed by atoms with E-state index in [1.807, 2.05) is 41.3 Å². The molecule has 6 nitrogen and oxygen atoms in total. The van der Waals surface area contributed by atoms with Gasteiger partial charge < -0.3 is 4.42 Å². The summed E-state index contributed by atoms with van der Waals surface area (Å²) in [5, 5.41) is 8.41. The number of likely N-dealkylation sites (tertiary alicyclic amines) is 1. The van der Waals surface area contributed by atoms with Crippen LogP contribution >= 0.6 is 0 Å². The Labute approximate surface area is 171 Å². The minimum absolute atomic E-state index is 0.0245. The quantitative estimate of drug-likeness (QED) is 0.661. The molecule has 1 fully saturated rings. The van der Waals surface area contributed by atoms with Crippen LogP contribution in [0, 0.1) is 6.92 Å². The van der Waals surface area contributed by atoms with Crippen LogP contribution in [-0.2, 0) is 16.9 Å². The first-order valence-electron chi connectivity index (χ1n) is 10.0. The van der Waals surface area contributed by atoms with Gasteiger partial charge >= 0.3 is 0 Å². The van der Waals surface area contributed by atoms with Gasteiger partial charge in [-0.2, -0.15) is 0 Å². The molecular formula is C23H26N4O2. The van der Waals surface area contributed by atoms with Crippen LogP contribution in [0.3, 0.4) is 0 Å². The highest BCUT2D eigenvalue weighted by Crippen LogP contribution is 2.41. The summed E-state index contributed by atoms with van der Waals surface area (Å²) >= 11 is 0. The molecule has 2 aromatic carbocycles. The van der Waals surface area contributed by atoms with E-state index in [1.54, 1.807) is 13.8 Å². The van der Waals surface area contributed by atoms with Gasteiger partial charge in [-0.25, -0.2) is 0 Å². The van der Waals surface area contributed by atoms with Crippen molar-refractivity contribution in [3.8, 4) is 0 Å². The third kappa shape index (κ3) is 3.93.